The second-order valence-electron chi connectivity index (χ2n) is 2.30. The number of rotatable bonds is 1. The van der Waals surface area contributed by atoms with Crippen LogP contribution in [0.5, 0.6) is 0 Å². The lowest BCUT2D eigenvalue weighted by atomic mass is 10.2. The first-order chi connectivity index (χ1) is 5.95. The van der Waals surface area contributed by atoms with Crippen LogP contribution < -0.4 is 0 Å². The zero-order valence-electron chi connectivity index (χ0n) is 6.27. The Balaban J connectivity index is 3.24. The number of alkyl halides is 3. The number of hydrogen-bond acceptors (Lipinski definition) is 2. The molecule has 0 unspecified atom stereocenters. The molecule has 1 N–H and O–H groups in total. The summed E-state index contributed by atoms with van der Waals surface area (Å²) in [4.78, 5) is 3.32. The van der Waals surface area contributed by atoms with Gasteiger partial charge in [-0.25, -0.2) is 4.98 Å². The van der Waals surface area contributed by atoms with Crippen LogP contribution in [-0.2, 0) is 12.8 Å². The van der Waals surface area contributed by atoms with E-state index in [2.05, 4.69) is 4.98 Å². The molecule has 1 rings (SSSR count). The molecule has 0 bridgehead atoms. The summed E-state index contributed by atoms with van der Waals surface area (Å²) < 4.78 is 37.0. The Bertz CT molecular complexity index is 313. The Morgan fingerprint density at radius 1 is 1.38 bits per heavy atom. The number of aromatic nitrogens is 1. The third kappa shape index (κ3) is 2.53. The van der Waals surface area contributed by atoms with Crippen LogP contribution in [0.15, 0.2) is 12.1 Å². The number of pyridine rings is 1. The molecule has 2 nitrogen and oxygen atoms in total. The summed E-state index contributed by atoms with van der Waals surface area (Å²) in [6.07, 6.45) is -4.50. The first-order valence-corrected chi connectivity index (χ1v) is 4.36. The van der Waals surface area contributed by atoms with Crippen LogP contribution in [0.25, 0.3) is 0 Å². The highest BCUT2D eigenvalue weighted by Gasteiger charge is 2.35. The molecular formula is C7H5F3INO. The Morgan fingerprint density at radius 3 is 2.46 bits per heavy atom. The van der Waals surface area contributed by atoms with Crippen LogP contribution in [0.1, 0.15) is 11.3 Å². The van der Waals surface area contributed by atoms with Gasteiger partial charge in [-0.15, -0.1) is 0 Å². The topological polar surface area (TPSA) is 33.1 Å². The number of hydrogen-bond donors (Lipinski definition) is 1. The van der Waals surface area contributed by atoms with E-state index in [0.29, 0.717) is 0 Å². The second kappa shape index (κ2) is 3.79. The van der Waals surface area contributed by atoms with Crippen molar-refractivity contribution in [2.45, 2.75) is 12.8 Å². The molecule has 0 fully saturated rings. The van der Waals surface area contributed by atoms with Gasteiger partial charge in [0.1, 0.15) is 3.70 Å². The van der Waals surface area contributed by atoms with E-state index < -0.39 is 18.5 Å². The number of aliphatic hydroxyl groups is 1. The maximum atomic E-state index is 12.2. The van der Waals surface area contributed by atoms with Crippen molar-refractivity contribution >= 4 is 22.6 Å². The minimum Gasteiger partial charge on any atom is -0.392 e. The van der Waals surface area contributed by atoms with Crippen LogP contribution >= 0.6 is 22.6 Å². The molecular weight excluding hydrogens is 298 g/mol. The first kappa shape index (κ1) is 10.7. The molecule has 0 radical (unpaired) electrons. The van der Waals surface area contributed by atoms with Gasteiger partial charge in [-0.1, -0.05) is 6.07 Å². The zero-order chi connectivity index (χ0) is 10.1. The van der Waals surface area contributed by atoms with Gasteiger partial charge in [0, 0.05) is 5.56 Å². The first-order valence-electron chi connectivity index (χ1n) is 3.28. The quantitative estimate of drug-likeness (QED) is 0.637. The predicted octanol–water partition coefficient (Wildman–Crippen LogP) is 2.20. The largest absolute Gasteiger partial charge is 0.433 e. The standard InChI is InChI=1S/C7H5F3INO/c8-7(9,10)6-4(3-13)1-2-5(11)12-6/h1-2,13H,3H2. The summed E-state index contributed by atoms with van der Waals surface area (Å²) in [5.74, 6) is 0. The maximum absolute atomic E-state index is 12.2. The second-order valence-corrected chi connectivity index (χ2v) is 3.40. The molecule has 6 heteroatoms. The molecule has 0 aliphatic carbocycles. The van der Waals surface area contributed by atoms with E-state index in [9.17, 15) is 13.2 Å². The van der Waals surface area contributed by atoms with E-state index in [1.807, 2.05) is 0 Å². The smallest absolute Gasteiger partial charge is 0.392 e. The lowest BCUT2D eigenvalue weighted by molar-refractivity contribution is -0.142. The molecule has 0 aliphatic heterocycles. The fourth-order valence-corrected chi connectivity index (χ4v) is 1.26. The molecule has 0 saturated carbocycles. The molecule has 1 aromatic rings. The van der Waals surface area contributed by atoms with Crippen LogP contribution in [-0.4, -0.2) is 10.1 Å². The van der Waals surface area contributed by atoms with Gasteiger partial charge in [-0.2, -0.15) is 13.2 Å². The Hall–Kier alpha value is -0.370. The van der Waals surface area contributed by atoms with Gasteiger partial charge < -0.3 is 5.11 Å². The normalized spacial score (nSPS) is 11.8. The highest BCUT2D eigenvalue weighted by molar-refractivity contribution is 14.1. The Labute approximate surface area is 85.9 Å². The Kier molecular flexibility index (Phi) is 3.12. The summed E-state index contributed by atoms with van der Waals surface area (Å²) in [7, 11) is 0. The van der Waals surface area contributed by atoms with Gasteiger partial charge in [0.2, 0.25) is 0 Å². The van der Waals surface area contributed by atoms with E-state index in [1.165, 1.54) is 12.1 Å². The molecule has 0 atom stereocenters. The van der Waals surface area contributed by atoms with Crippen LogP contribution in [0.3, 0.4) is 0 Å². The van der Waals surface area contributed by atoms with Crippen molar-refractivity contribution < 1.29 is 18.3 Å². The minimum absolute atomic E-state index is 0.201. The average Bonchev–Trinajstić information content (AvgIpc) is 2.03. The molecule has 0 aliphatic rings. The fraction of sp³-hybridized carbons (Fsp3) is 0.286. The monoisotopic (exact) mass is 303 g/mol. The van der Waals surface area contributed by atoms with Crippen molar-refractivity contribution in [3.05, 3.63) is 27.1 Å². The zero-order valence-corrected chi connectivity index (χ0v) is 8.43. The van der Waals surface area contributed by atoms with Crippen LogP contribution in [0.2, 0.25) is 0 Å². The maximum Gasteiger partial charge on any atom is 0.433 e. The molecule has 1 aromatic heterocycles. The number of halogens is 4. The molecule has 13 heavy (non-hydrogen) atoms. The summed E-state index contributed by atoms with van der Waals surface area (Å²) in [6, 6.07) is 2.64. The van der Waals surface area contributed by atoms with E-state index in [0.717, 1.165) is 0 Å². The van der Waals surface area contributed by atoms with E-state index in [4.69, 9.17) is 5.11 Å². The van der Waals surface area contributed by atoms with Crippen molar-refractivity contribution in [3.63, 3.8) is 0 Å². The van der Waals surface area contributed by atoms with Crippen LogP contribution in [0, 0.1) is 3.70 Å². The van der Waals surface area contributed by atoms with Gasteiger partial charge >= 0.3 is 6.18 Å². The lowest BCUT2D eigenvalue weighted by Gasteiger charge is -2.09. The summed E-state index contributed by atoms with van der Waals surface area (Å²) >= 11 is 1.69. The lowest BCUT2D eigenvalue weighted by Crippen LogP contribution is -2.12. The van der Waals surface area contributed by atoms with Gasteiger partial charge in [0.05, 0.1) is 6.61 Å². The van der Waals surface area contributed by atoms with Gasteiger partial charge in [-0.05, 0) is 28.7 Å². The molecule has 1 heterocycles. The molecule has 0 saturated heterocycles. The SMILES string of the molecule is OCc1ccc(I)nc1C(F)(F)F. The van der Waals surface area contributed by atoms with Gasteiger partial charge in [-0.3, -0.25) is 0 Å². The molecule has 0 aromatic carbocycles. The van der Waals surface area contributed by atoms with E-state index in [1.54, 1.807) is 22.6 Å². The highest BCUT2D eigenvalue weighted by atomic mass is 127. The number of aliphatic hydroxyl groups excluding tert-OH is 1. The van der Waals surface area contributed by atoms with Crippen molar-refractivity contribution in [1.29, 1.82) is 0 Å². The molecule has 72 valence electrons. The third-order valence-corrected chi connectivity index (χ3v) is 1.98. The molecule has 0 amide bonds. The van der Waals surface area contributed by atoms with Crippen LogP contribution in [0.4, 0.5) is 13.2 Å². The minimum atomic E-state index is -4.50. The van der Waals surface area contributed by atoms with Crippen molar-refractivity contribution in [3.8, 4) is 0 Å². The fourth-order valence-electron chi connectivity index (χ4n) is 0.837. The summed E-state index contributed by atoms with van der Waals surface area (Å²) in [5.41, 5.74) is -1.21. The van der Waals surface area contributed by atoms with E-state index in [-0.39, 0.29) is 9.26 Å². The van der Waals surface area contributed by atoms with Crippen molar-refractivity contribution in [2.24, 2.45) is 0 Å². The van der Waals surface area contributed by atoms with Gasteiger partial charge in [0.25, 0.3) is 0 Å². The van der Waals surface area contributed by atoms with Crippen molar-refractivity contribution in [2.75, 3.05) is 0 Å². The number of nitrogens with zero attached hydrogens (tertiary/aromatic N) is 1. The Morgan fingerprint density at radius 2 is 2.00 bits per heavy atom. The van der Waals surface area contributed by atoms with Gasteiger partial charge in [0.15, 0.2) is 5.69 Å². The summed E-state index contributed by atoms with van der Waals surface area (Å²) in [6.45, 7) is -0.654. The van der Waals surface area contributed by atoms with Crippen molar-refractivity contribution in [1.82, 2.24) is 4.98 Å². The molecule has 0 spiro atoms. The predicted molar refractivity (Wildman–Crippen MR) is 47.9 cm³/mol. The van der Waals surface area contributed by atoms with E-state index >= 15 is 0 Å². The highest BCUT2D eigenvalue weighted by Crippen LogP contribution is 2.30. The third-order valence-electron chi connectivity index (χ3n) is 1.38. The average molecular weight is 303 g/mol. The summed E-state index contributed by atoms with van der Waals surface area (Å²) in [5, 5.41) is 8.63.